The maximum Gasteiger partial charge on any atom is 0.117 e. The molecule has 1 aromatic carbocycles. The highest BCUT2D eigenvalue weighted by Crippen LogP contribution is 2.19. The van der Waals surface area contributed by atoms with Crippen LogP contribution in [-0.2, 0) is 13.1 Å². The lowest BCUT2D eigenvalue weighted by Crippen LogP contribution is -2.07. The summed E-state index contributed by atoms with van der Waals surface area (Å²) in [4.78, 5) is 1.73. The zero-order valence-corrected chi connectivity index (χ0v) is 9.64. The summed E-state index contributed by atoms with van der Waals surface area (Å²) in [5, 5.41) is 12.0. The minimum Gasteiger partial charge on any atom is -0.314 e. The van der Waals surface area contributed by atoms with Crippen LogP contribution >= 0.6 is 0 Å². The van der Waals surface area contributed by atoms with Crippen LogP contribution in [0.1, 0.15) is 12.6 Å². The van der Waals surface area contributed by atoms with Gasteiger partial charge in [0.1, 0.15) is 11.4 Å². The van der Waals surface area contributed by atoms with E-state index in [0.717, 1.165) is 30.0 Å². The molecule has 0 amide bonds. The Morgan fingerprint density at radius 3 is 2.56 bits per heavy atom. The van der Waals surface area contributed by atoms with Crippen molar-refractivity contribution in [2.45, 2.75) is 20.0 Å². The van der Waals surface area contributed by atoms with E-state index < -0.39 is 0 Å². The second-order valence-electron chi connectivity index (χ2n) is 3.58. The summed E-state index contributed by atoms with van der Waals surface area (Å²) in [6.45, 7) is 3.58. The second-order valence-corrected chi connectivity index (χ2v) is 3.58. The van der Waals surface area contributed by atoms with Crippen molar-refractivity contribution in [3.05, 3.63) is 36.0 Å². The minimum absolute atomic E-state index is 0.740. The van der Waals surface area contributed by atoms with Gasteiger partial charge >= 0.3 is 0 Å². The Morgan fingerprint density at radius 1 is 1.19 bits per heavy atom. The third-order valence-corrected chi connectivity index (χ3v) is 2.40. The Kier molecular flexibility index (Phi) is 3.31. The van der Waals surface area contributed by atoms with E-state index in [-0.39, 0.29) is 0 Å². The van der Waals surface area contributed by atoms with Crippen LogP contribution in [0.25, 0.3) is 11.3 Å². The van der Waals surface area contributed by atoms with E-state index in [1.807, 2.05) is 32.2 Å². The van der Waals surface area contributed by atoms with Crippen molar-refractivity contribution in [2.24, 2.45) is 0 Å². The lowest BCUT2D eigenvalue weighted by Gasteiger charge is -1.98. The van der Waals surface area contributed by atoms with Gasteiger partial charge in [-0.2, -0.15) is 15.0 Å². The van der Waals surface area contributed by atoms with E-state index in [1.54, 1.807) is 4.80 Å². The smallest absolute Gasteiger partial charge is 0.117 e. The number of nitrogens with one attached hydrogen (secondary N) is 1. The molecule has 2 rings (SSSR count). The van der Waals surface area contributed by atoms with Crippen molar-refractivity contribution in [3.63, 3.8) is 0 Å². The largest absolute Gasteiger partial charge is 0.314 e. The standard InChI is InChI=1S/C12H16N4/c1-3-16-14-11(9-13-2)12(15-16)10-7-5-4-6-8-10/h4-8,13H,3,9H2,1-2H3. The molecule has 0 fully saturated rings. The van der Waals surface area contributed by atoms with Crippen molar-refractivity contribution in [2.75, 3.05) is 7.05 Å². The number of hydrogen-bond acceptors (Lipinski definition) is 3. The first-order chi connectivity index (χ1) is 7.85. The Morgan fingerprint density at radius 2 is 1.94 bits per heavy atom. The van der Waals surface area contributed by atoms with Gasteiger partial charge < -0.3 is 5.32 Å². The van der Waals surface area contributed by atoms with Gasteiger partial charge in [-0.1, -0.05) is 30.3 Å². The molecule has 1 aromatic heterocycles. The van der Waals surface area contributed by atoms with Gasteiger partial charge in [0, 0.05) is 12.1 Å². The van der Waals surface area contributed by atoms with Gasteiger partial charge in [-0.25, -0.2) is 0 Å². The van der Waals surface area contributed by atoms with E-state index in [1.165, 1.54) is 0 Å². The highest BCUT2D eigenvalue weighted by molar-refractivity contribution is 5.60. The molecule has 4 nitrogen and oxygen atoms in total. The molecule has 84 valence electrons. The fourth-order valence-corrected chi connectivity index (χ4v) is 1.63. The molecule has 1 N–H and O–H groups in total. The fourth-order valence-electron chi connectivity index (χ4n) is 1.63. The molecule has 0 unspecified atom stereocenters. The summed E-state index contributed by atoms with van der Waals surface area (Å²) in [7, 11) is 1.92. The van der Waals surface area contributed by atoms with E-state index in [4.69, 9.17) is 0 Å². The lowest BCUT2D eigenvalue weighted by atomic mass is 10.1. The third kappa shape index (κ3) is 2.12. The van der Waals surface area contributed by atoms with Crippen LogP contribution in [0.5, 0.6) is 0 Å². The van der Waals surface area contributed by atoms with Crippen molar-refractivity contribution < 1.29 is 0 Å². The summed E-state index contributed by atoms with van der Waals surface area (Å²) in [5.74, 6) is 0. The molecule has 16 heavy (non-hydrogen) atoms. The second kappa shape index (κ2) is 4.90. The quantitative estimate of drug-likeness (QED) is 0.845. The highest BCUT2D eigenvalue weighted by atomic mass is 15.5. The van der Waals surface area contributed by atoms with Crippen LogP contribution in [0.3, 0.4) is 0 Å². The first-order valence-electron chi connectivity index (χ1n) is 5.49. The Bertz CT molecular complexity index is 447. The number of hydrogen-bond donors (Lipinski definition) is 1. The monoisotopic (exact) mass is 216 g/mol. The van der Waals surface area contributed by atoms with E-state index >= 15 is 0 Å². The van der Waals surface area contributed by atoms with E-state index in [0.29, 0.717) is 0 Å². The van der Waals surface area contributed by atoms with Gasteiger partial charge in [-0.3, -0.25) is 0 Å². The van der Waals surface area contributed by atoms with Crippen LogP contribution < -0.4 is 5.32 Å². The van der Waals surface area contributed by atoms with Gasteiger partial charge in [0.05, 0.1) is 6.54 Å². The maximum absolute atomic E-state index is 4.48. The molecule has 0 aliphatic heterocycles. The normalized spacial score (nSPS) is 10.6. The zero-order valence-electron chi connectivity index (χ0n) is 9.64. The van der Waals surface area contributed by atoms with E-state index in [9.17, 15) is 0 Å². The zero-order chi connectivity index (χ0) is 11.4. The molecule has 0 radical (unpaired) electrons. The summed E-state index contributed by atoms with van der Waals surface area (Å²) >= 11 is 0. The molecular weight excluding hydrogens is 200 g/mol. The van der Waals surface area contributed by atoms with Crippen molar-refractivity contribution in [1.29, 1.82) is 0 Å². The van der Waals surface area contributed by atoms with Crippen molar-refractivity contribution in [1.82, 2.24) is 20.3 Å². The third-order valence-electron chi connectivity index (χ3n) is 2.40. The van der Waals surface area contributed by atoms with Crippen molar-refractivity contribution in [3.8, 4) is 11.3 Å². The molecule has 2 aromatic rings. The van der Waals surface area contributed by atoms with Gasteiger partial charge in [-0.05, 0) is 14.0 Å². The molecule has 0 saturated heterocycles. The highest BCUT2D eigenvalue weighted by Gasteiger charge is 2.11. The van der Waals surface area contributed by atoms with Crippen molar-refractivity contribution >= 4 is 0 Å². The number of rotatable bonds is 4. The average Bonchev–Trinajstić information content (AvgIpc) is 2.74. The number of aryl methyl sites for hydroxylation is 1. The minimum atomic E-state index is 0.740. The summed E-state index contributed by atoms with van der Waals surface area (Å²) in [5.41, 5.74) is 3.08. The van der Waals surface area contributed by atoms with Crippen LogP contribution in [0.4, 0.5) is 0 Å². The molecule has 0 atom stereocenters. The maximum atomic E-state index is 4.48. The molecule has 0 aliphatic carbocycles. The summed E-state index contributed by atoms with van der Waals surface area (Å²) in [6, 6.07) is 10.2. The summed E-state index contributed by atoms with van der Waals surface area (Å²) in [6.07, 6.45) is 0. The topological polar surface area (TPSA) is 42.7 Å². The first-order valence-corrected chi connectivity index (χ1v) is 5.49. The Labute approximate surface area is 95.3 Å². The van der Waals surface area contributed by atoms with Crippen LogP contribution in [0, 0.1) is 0 Å². The first kappa shape index (κ1) is 10.8. The fraction of sp³-hybridized carbons (Fsp3) is 0.333. The molecule has 0 bridgehead atoms. The molecule has 0 spiro atoms. The van der Waals surface area contributed by atoms with Gasteiger partial charge in [0.15, 0.2) is 0 Å². The predicted molar refractivity (Wildman–Crippen MR) is 63.9 cm³/mol. The molecule has 0 saturated carbocycles. The van der Waals surface area contributed by atoms with Crippen LogP contribution in [0.15, 0.2) is 30.3 Å². The Balaban J connectivity index is 2.42. The van der Waals surface area contributed by atoms with Gasteiger partial charge in [0.2, 0.25) is 0 Å². The number of aromatic nitrogens is 3. The molecule has 1 heterocycles. The SMILES string of the molecule is CCn1nc(CNC)c(-c2ccccc2)n1. The number of nitrogens with zero attached hydrogens (tertiary/aromatic N) is 3. The average molecular weight is 216 g/mol. The van der Waals surface area contributed by atoms with E-state index in [2.05, 4.69) is 27.6 Å². The van der Waals surface area contributed by atoms with Crippen LogP contribution in [-0.4, -0.2) is 22.0 Å². The van der Waals surface area contributed by atoms with Gasteiger partial charge in [-0.15, -0.1) is 0 Å². The lowest BCUT2D eigenvalue weighted by molar-refractivity contribution is 0.562. The molecular formula is C12H16N4. The molecule has 0 aliphatic rings. The van der Waals surface area contributed by atoms with Gasteiger partial charge in [0.25, 0.3) is 0 Å². The van der Waals surface area contributed by atoms with Crippen LogP contribution in [0.2, 0.25) is 0 Å². The Hall–Kier alpha value is -1.68. The predicted octanol–water partition coefficient (Wildman–Crippen LogP) is 1.68. The molecule has 4 heteroatoms. The summed E-state index contributed by atoms with van der Waals surface area (Å²) < 4.78 is 0. The number of benzene rings is 1.